The van der Waals surface area contributed by atoms with Crippen molar-refractivity contribution in [1.82, 2.24) is 9.97 Å². The number of aliphatic carboxylic acids is 1. The zero-order valence-electron chi connectivity index (χ0n) is 11.4. The van der Waals surface area contributed by atoms with Crippen LogP contribution in [0.3, 0.4) is 0 Å². The Morgan fingerprint density at radius 1 is 1.30 bits per heavy atom. The minimum absolute atomic E-state index is 0.0235. The molecule has 1 aromatic carbocycles. The zero-order valence-corrected chi connectivity index (χ0v) is 11.4. The number of aryl methyl sites for hydroxylation is 1. The van der Waals surface area contributed by atoms with Gasteiger partial charge in [0, 0.05) is 6.54 Å². The van der Waals surface area contributed by atoms with Gasteiger partial charge in [0.1, 0.15) is 6.54 Å². The van der Waals surface area contributed by atoms with Crippen LogP contribution in [0.2, 0.25) is 0 Å². The second kappa shape index (κ2) is 5.07. The minimum Gasteiger partial charge on any atom is -0.480 e. The highest BCUT2D eigenvalue weighted by Gasteiger charge is 2.27. The van der Waals surface area contributed by atoms with E-state index in [1.54, 1.807) is 0 Å². The molecule has 0 aliphatic heterocycles. The van der Waals surface area contributed by atoms with E-state index in [1.165, 1.54) is 12.8 Å². The van der Waals surface area contributed by atoms with Crippen LogP contribution in [-0.4, -0.2) is 34.1 Å². The third-order valence-electron chi connectivity index (χ3n) is 3.52. The first-order chi connectivity index (χ1) is 9.63. The maximum absolute atomic E-state index is 11.1. The summed E-state index contributed by atoms with van der Waals surface area (Å²) in [7, 11) is 0. The van der Waals surface area contributed by atoms with E-state index in [0.717, 1.165) is 23.3 Å². The number of benzene rings is 1. The molecule has 104 valence electrons. The lowest BCUT2D eigenvalue weighted by Crippen LogP contribution is -2.33. The van der Waals surface area contributed by atoms with Gasteiger partial charge in [-0.2, -0.15) is 0 Å². The Hall–Kier alpha value is -2.17. The molecule has 2 aromatic rings. The van der Waals surface area contributed by atoms with Gasteiger partial charge >= 0.3 is 5.97 Å². The van der Waals surface area contributed by atoms with Gasteiger partial charge in [-0.05, 0) is 37.8 Å². The van der Waals surface area contributed by atoms with E-state index >= 15 is 0 Å². The van der Waals surface area contributed by atoms with E-state index < -0.39 is 5.97 Å². The number of fused-ring (bicyclic) bond motifs is 1. The number of hydrogen-bond donors (Lipinski definition) is 1. The van der Waals surface area contributed by atoms with Crippen LogP contribution in [0.5, 0.6) is 0 Å². The van der Waals surface area contributed by atoms with Crippen molar-refractivity contribution in [3.63, 3.8) is 0 Å². The van der Waals surface area contributed by atoms with E-state index in [-0.39, 0.29) is 6.54 Å². The second-order valence-electron chi connectivity index (χ2n) is 5.34. The predicted octanol–water partition coefficient (Wildman–Crippen LogP) is 2.24. The van der Waals surface area contributed by atoms with Crippen LogP contribution in [0.25, 0.3) is 11.0 Å². The molecule has 1 aliphatic rings. The zero-order chi connectivity index (χ0) is 14.1. The van der Waals surface area contributed by atoms with Gasteiger partial charge in [0.25, 0.3) is 0 Å². The Bertz CT molecular complexity index is 653. The maximum atomic E-state index is 11.1. The van der Waals surface area contributed by atoms with Gasteiger partial charge in [-0.3, -0.25) is 4.79 Å². The van der Waals surface area contributed by atoms with Crippen molar-refractivity contribution in [1.29, 1.82) is 0 Å². The molecule has 0 spiro atoms. The molecule has 1 fully saturated rings. The predicted molar refractivity (Wildman–Crippen MR) is 76.8 cm³/mol. The first-order valence-corrected chi connectivity index (χ1v) is 6.83. The fraction of sp³-hybridized carbons (Fsp3) is 0.400. The van der Waals surface area contributed by atoms with Crippen LogP contribution < -0.4 is 4.90 Å². The van der Waals surface area contributed by atoms with Crippen LogP contribution >= 0.6 is 0 Å². The molecule has 5 heteroatoms. The van der Waals surface area contributed by atoms with E-state index in [2.05, 4.69) is 9.97 Å². The molecule has 1 heterocycles. The smallest absolute Gasteiger partial charge is 0.323 e. The Morgan fingerprint density at radius 2 is 1.95 bits per heavy atom. The van der Waals surface area contributed by atoms with Crippen LogP contribution in [0.15, 0.2) is 24.3 Å². The van der Waals surface area contributed by atoms with Crippen molar-refractivity contribution >= 4 is 22.8 Å². The molecule has 5 nitrogen and oxygen atoms in total. The van der Waals surface area contributed by atoms with E-state index in [1.807, 2.05) is 36.1 Å². The van der Waals surface area contributed by atoms with Crippen molar-refractivity contribution in [3.8, 4) is 0 Å². The van der Waals surface area contributed by atoms with Crippen molar-refractivity contribution < 1.29 is 9.90 Å². The molecule has 0 unspecified atom stereocenters. The summed E-state index contributed by atoms with van der Waals surface area (Å²) in [5.74, 6) is 0.458. The molecular formula is C15H17N3O2. The SMILES string of the molecule is Cc1nc2ccccc2nc1N(CC(=O)O)CC1CC1. The number of anilines is 1. The normalized spacial score (nSPS) is 14.4. The van der Waals surface area contributed by atoms with Crippen LogP contribution in [0.1, 0.15) is 18.5 Å². The lowest BCUT2D eigenvalue weighted by Gasteiger charge is -2.23. The van der Waals surface area contributed by atoms with Gasteiger partial charge in [-0.15, -0.1) is 0 Å². The summed E-state index contributed by atoms with van der Waals surface area (Å²) in [5.41, 5.74) is 2.43. The minimum atomic E-state index is -0.833. The van der Waals surface area contributed by atoms with Gasteiger partial charge in [-0.1, -0.05) is 12.1 Å². The first kappa shape index (κ1) is 12.8. The molecule has 20 heavy (non-hydrogen) atoms. The highest BCUT2D eigenvalue weighted by Crippen LogP contribution is 2.31. The molecule has 0 radical (unpaired) electrons. The summed E-state index contributed by atoms with van der Waals surface area (Å²) in [5, 5.41) is 9.09. The molecule has 1 saturated carbocycles. The fourth-order valence-corrected chi connectivity index (χ4v) is 2.38. The van der Waals surface area contributed by atoms with Crippen molar-refractivity contribution in [2.75, 3.05) is 18.0 Å². The van der Waals surface area contributed by atoms with E-state index in [9.17, 15) is 4.79 Å². The molecule has 1 aliphatic carbocycles. The number of nitrogens with zero attached hydrogens (tertiary/aromatic N) is 3. The summed E-state index contributed by atoms with van der Waals surface area (Å²) in [6, 6.07) is 7.66. The van der Waals surface area contributed by atoms with E-state index in [0.29, 0.717) is 11.7 Å². The third kappa shape index (κ3) is 2.71. The molecule has 0 amide bonds. The average molecular weight is 271 g/mol. The summed E-state index contributed by atoms with van der Waals surface area (Å²) in [6.07, 6.45) is 2.35. The van der Waals surface area contributed by atoms with Crippen LogP contribution in [0.4, 0.5) is 5.82 Å². The number of rotatable bonds is 5. The largest absolute Gasteiger partial charge is 0.480 e. The van der Waals surface area contributed by atoms with Gasteiger partial charge in [0.15, 0.2) is 5.82 Å². The van der Waals surface area contributed by atoms with E-state index in [4.69, 9.17) is 5.11 Å². The lowest BCUT2D eigenvalue weighted by atomic mass is 10.2. The summed E-state index contributed by atoms with van der Waals surface area (Å²) < 4.78 is 0. The Balaban J connectivity index is 1.99. The van der Waals surface area contributed by atoms with Gasteiger partial charge in [0.05, 0.1) is 16.7 Å². The second-order valence-corrected chi connectivity index (χ2v) is 5.34. The average Bonchev–Trinajstić information content (AvgIpc) is 3.20. The maximum Gasteiger partial charge on any atom is 0.323 e. The van der Waals surface area contributed by atoms with Gasteiger partial charge in [0.2, 0.25) is 0 Å². The summed E-state index contributed by atoms with van der Waals surface area (Å²) in [6.45, 7) is 2.61. The van der Waals surface area contributed by atoms with Crippen LogP contribution in [-0.2, 0) is 4.79 Å². The first-order valence-electron chi connectivity index (χ1n) is 6.83. The highest BCUT2D eigenvalue weighted by molar-refractivity contribution is 5.78. The Morgan fingerprint density at radius 3 is 2.55 bits per heavy atom. The number of carbonyl (C=O) groups is 1. The third-order valence-corrected chi connectivity index (χ3v) is 3.52. The molecule has 0 saturated heterocycles. The molecule has 1 aromatic heterocycles. The van der Waals surface area contributed by atoms with Gasteiger partial charge in [-0.25, -0.2) is 9.97 Å². The van der Waals surface area contributed by atoms with Crippen molar-refractivity contribution in [3.05, 3.63) is 30.0 Å². The quantitative estimate of drug-likeness (QED) is 0.903. The van der Waals surface area contributed by atoms with Gasteiger partial charge < -0.3 is 10.0 Å². The highest BCUT2D eigenvalue weighted by atomic mass is 16.4. The molecule has 3 rings (SSSR count). The number of para-hydroxylation sites is 2. The molecular weight excluding hydrogens is 254 g/mol. The number of carboxylic acids is 1. The Kier molecular flexibility index (Phi) is 3.26. The number of hydrogen-bond acceptors (Lipinski definition) is 4. The molecule has 0 atom stereocenters. The topological polar surface area (TPSA) is 66.3 Å². The van der Waals surface area contributed by atoms with Crippen molar-refractivity contribution in [2.45, 2.75) is 19.8 Å². The molecule has 1 N–H and O–H groups in total. The molecule has 0 bridgehead atoms. The summed E-state index contributed by atoms with van der Waals surface area (Å²) in [4.78, 5) is 22.1. The fourth-order valence-electron chi connectivity index (χ4n) is 2.38. The van der Waals surface area contributed by atoms with Crippen LogP contribution in [0, 0.1) is 12.8 Å². The number of carboxylic acid groups (broad SMARTS) is 1. The number of aromatic nitrogens is 2. The van der Waals surface area contributed by atoms with Crippen molar-refractivity contribution in [2.24, 2.45) is 5.92 Å². The monoisotopic (exact) mass is 271 g/mol. The lowest BCUT2D eigenvalue weighted by molar-refractivity contribution is -0.135. The summed E-state index contributed by atoms with van der Waals surface area (Å²) >= 11 is 0. The standard InChI is InChI=1S/C15H17N3O2/c1-10-15(17-13-5-3-2-4-12(13)16-10)18(9-14(19)20)8-11-6-7-11/h2-5,11H,6-9H2,1H3,(H,19,20). The Labute approximate surface area is 117 Å².